The van der Waals surface area contributed by atoms with Gasteiger partial charge in [0, 0.05) is 37.5 Å². The Morgan fingerprint density at radius 3 is 2.71 bits per heavy atom. The van der Waals surface area contributed by atoms with Crippen molar-refractivity contribution in [2.75, 3.05) is 32.4 Å². The van der Waals surface area contributed by atoms with E-state index in [4.69, 9.17) is 23.2 Å². The molecule has 2 rings (SSSR count). The van der Waals surface area contributed by atoms with E-state index in [0.29, 0.717) is 33.9 Å². The number of carbonyl (C=O) groups excluding carboxylic acids is 1. The lowest BCUT2D eigenvalue weighted by atomic mass is 10.2. The highest BCUT2D eigenvalue weighted by atomic mass is 35.5. The van der Waals surface area contributed by atoms with Gasteiger partial charge in [0.2, 0.25) is 0 Å². The van der Waals surface area contributed by atoms with Crippen LogP contribution >= 0.6 is 35.0 Å². The Hall–Kier alpha value is -1.11. The summed E-state index contributed by atoms with van der Waals surface area (Å²) in [4.78, 5) is 16.2. The monoisotopic (exact) mass is 388 g/mol. The Kier molecular flexibility index (Phi) is 8.02. The van der Waals surface area contributed by atoms with Crippen LogP contribution in [0.25, 0.3) is 0 Å². The van der Waals surface area contributed by atoms with Crippen molar-refractivity contribution in [3.63, 3.8) is 0 Å². The van der Waals surface area contributed by atoms with Crippen LogP contribution in [0.15, 0.2) is 23.2 Å². The fourth-order valence-electron chi connectivity index (χ4n) is 2.33. The zero-order chi connectivity index (χ0) is 17.4. The first-order valence-electron chi connectivity index (χ1n) is 7.89. The van der Waals surface area contributed by atoms with E-state index in [1.54, 1.807) is 25.2 Å². The number of hydrogen-bond donors (Lipinski definition) is 3. The van der Waals surface area contributed by atoms with Gasteiger partial charge in [0.25, 0.3) is 5.91 Å². The summed E-state index contributed by atoms with van der Waals surface area (Å²) in [5, 5.41) is 10.8. The standard InChI is InChI=1S/C16H22Cl2N4OS/c1-19-16(22-10-12-3-2-8-24-12)21-7-6-20-15(23)11-4-5-13(17)14(18)9-11/h4-5,9,12H,2-3,6-8,10H2,1H3,(H,20,23)(H2,19,21,22). The molecular weight excluding hydrogens is 367 g/mol. The molecule has 5 nitrogen and oxygen atoms in total. The van der Waals surface area contributed by atoms with E-state index in [1.807, 2.05) is 11.8 Å². The molecule has 132 valence electrons. The molecule has 1 aliphatic heterocycles. The van der Waals surface area contributed by atoms with Gasteiger partial charge < -0.3 is 16.0 Å². The number of amides is 1. The Morgan fingerprint density at radius 2 is 2.04 bits per heavy atom. The highest BCUT2D eigenvalue weighted by Crippen LogP contribution is 2.25. The minimum absolute atomic E-state index is 0.180. The molecule has 24 heavy (non-hydrogen) atoms. The molecule has 0 aliphatic carbocycles. The van der Waals surface area contributed by atoms with Gasteiger partial charge in [0.05, 0.1) is 10.0 Å². The van der Waals surface area contributed by atoms with Crippen molar-refractivity contribution in [3.8, 4) is 0 Å². The number of rotatable bonds is 6. The molecule has 8 heteroatoms. The maximum Gasteiger partial charge on any atom is 0.251 e. The third-order valence-electron chi connectivity index (χ3n) is 3.63. The van der Waals surface area contributed by atoms with E-state index in [0.717, 1.165) is 12.5 Å². The fraction of sp³-hybridized carbons (Fsp3) is 0.500. The first-order valence-corrected chi connectivity index (χ1v) is 9.70. The van der Waals surface area contributed by atoms with E-state index in [-0.39, 0.29) is 5.91 Å². The SMILES string of the molecule is CN=C(NCCNC(=O)c1ccc(Cl)c(Cl)c1)NCC1CCCS1. The number of aliphatic imine (C=N–C) groups is 1. The smallest absolute Gasteiger partial charge is 0.251 e. The largest absolute Gasteiger partial charge is 0.355 e. The molecule has 3 N–H and O–H groups in total. The summed E-state index contributed by atoms with van der Waals surface area (Å²) in [6.45, 7) is 1.99. The molecule has 1 aliphatic rings. The molecule has 0 radical (unpaired) electrons. The van der Waals surface area contributed by atoms with Gasteiger partial charge in [-0.3, -0.25) is 9.79 Å². The molecule has 0 bridgehead atoms. The van der Waals surface area contributed by atoms with Crippen molar-refractivity contribution in [1.82, 2.24) is 16.0 Å². The molecule has 1 aromatic rings. The molecule has 1 atom stereocenters. The average Bonchev–Trinajstić information content (AvgIpc) is 3.10. The quantitative estimate of drug-likeness (QED) is 0.398. The molecule has 0 saturated carbocycles. The van der Waals surface area contributed by atoms with Crippen LogP contribution in [0.3, 0.4) is 0 Å². The van der Waals surface area contributed by atoms with Gasteiger partial charge in [0.15, 0.2) is 5.96 Å². The van der Waals surface area contributed by atoms with Crippen LogP contribution in [-0.4, -0.2) is 49.6 Å². The molecular formula is C16H22Cl2N4OS. The third kappa shape index (κ3) is 6.07. The molecule has 0 spiro atoms. The maximum absolute atomic E-state index is 12.0. The predicted octanol–water partition coefficient (Wildman–Crippen LogP) is 2.78. The van der Waals surface area contributed by atoms with Crippen LogP contribution in [0.4, 0.5) is 0 Å². The molecule has 1 amide bonds. The summed E-state index contributed by atoms with van der Waals surface area (Å²) in [6, 6.07) is 4.83. The van der Waals surface area contributed by atoms with Gasteiger partial charge in [-0.05, 0) is 36.8 Å². The van der Waals surface area contributed by atoms with Crippen molar-refractivity contribution in [2.45, 2.75) is 18.1 Å². The fourth-order valence-corrected chi connectivity index (χ4v) is 3.83. The average molecular weight is 389 g/mol. The molecule has 1 saturated heterocycles. The lowest BCUT2D eigenvalue weighted by Crippen LogP contribution is -2.43. The topological polar surface area (TPSA) is 65.5 Å². The summed E-state index contributed by atoms with van der Waals surface area (Å²) >= 11 is 13.8. The number of nitrogens with one attached hydrogen (secondary N) is 3. The summed E-state index contributed by atoms with van der Waals surface area (Å²) in [5.41, 5.74) is 0.491. The van der Waals surface area contributed by atoms with E-state index in [1.165, 1.54) is 18.6 Å². The zero-order valence-electron chi connectivity index (χ0n) is 13.6. The zero-order valence-corrected chi connectivity index (χ0v) is 15.9. The number of thioether (sulfide) groups is 1. The second kappa shape index (κ2) is 10.0. The van der Waals surface area contributed by atoms with Gasteiger partial charge in [-0.25, -0.2) is 0 Å². The molecule has 1 heterocycles. The lowest BCUT2D eigenvalue weighted by molar-refractivity contribution is 0.0954. The maximum atomic E-state index is 12.0. The van der Waals surface area contributed by atoms with Gasteiger partial charge in [-0.2, -0.15) is 11.8 Å². The number of hydrogen-bond acceptors (Lipinski definition) is 3. The molecule has 0 aromatic heterocycles. The van der Waals surface area contributed by atoms with E-state index in [9.17, 15) is 4.79 Å². The normalized spacial score (nSPS) is 17.6. The van der Waals surface area contributed by atoms with Crippen molar-refractivity contribution in [3.05, 3.63) is 33.8 Å². The van der Waals surface area contributed by atoms with Crippen molar-refractivity contribution in [1.29, 1.82) is 0 Å². The van der Waals surface area contributed by atoms with Crippen molar-refractivity contribution < 1.29 is 4.79 Å². The first kappa shape index (κ1) is 19.2. The first-order chi connectivity index (χ1) is 11.6. The number of benzene rings is 1. The van der Waals surface area contributed by atoms with Crippen LogP contribution in [-0.2, 0) is 0 Å². The number of halogens is 2. The molecule has 1 fully saturated rings. The van der Waals surface area contributed by atoms with Crippen molar-refractivity contribution in [2.24, 2.45) is 4.99 Å². The highest BCUT2D eigenvalue weighted by Gasteiger charge is 2.15. The van der Waals surface area contributed by atoms with Crippen LogP contribution in [0.1, 0.15) is 23.2 Å². The Labute approximate surface area is 157 Å². The summed E-state index contributed by atoms with van der Waals surface area (Å²) in [6.07, 6.45) is 2.55. The lowest BCUT2D eigenvalue weighted by Gasteiger charge is -2.15. The van der Waals surface area contributed by atoms with Crippen LogP contribution in [0.5, 0.6) is 0 Å². The second-order valence-electron chi connectivity index (χ2n) is 5.40. The van der Waals surface area contributed by atoms with Gasteiger partial charge in [-0.1, -0.05) is 23.2 Å². The highest BCUT2D eigenvalue weighted by molar-refractivity contribution is 8.00. The number of guanidine groups is 1. The summed E-state index contributed by atoms with van der Waals surface area (Å²) in [5.74, 6) is 1.83. The third-order valence-corrected chi connectivity index (χ3v) is 5.77. The predicted molar refractivity (Wildman–Crippen MR) is 104 cm³/mol. The number of carbonyl (C=O) groups is 1. The Bertz CT molecular complexity index is 591. The van der Waals surface area contributed by atoms with Crippen LogP contribution in [0, 0.1) is 0 Å². The minimum atomic E-state index is -0.180. The summed E-state index contributed by atoms with van der Waals surface area (Å²) in [7, 11) is 1.74. The Balaban J connectivity index is 1.67. The molecule has 1 unspecified atom stereocenters. The van der Waals surface area contributed by atoms with Crippen LogP contribution < -0.4 is 16.0 Å². The van der Waals surface area contributed by atoms with E-state index >= 15 is 0 Å². The van der Waals surface area contributed by atoms with E-state index < -0.39 is 0 Å². The minimum Gasteiger partial charge on any atom is -0.355 e. The summed E-state index contributed by atoms with van der Waals surface area (Å²) < 4.78 is 0. The molecule has 1 aromatic carbocycles. The van der Waals surface area contributed by atoms with Crippen molar-refractivity contribution >= 4 is 46.8 Å². The van der Waals surface area contributed by atoms with E-state index in [2.05, 4.69) is 20.9 Å². The Morgan fingerprint density at radius 1 is 1.25 bits per heavy atom. The van der Waals surface area contributed by atoms with Crippen LogP contribution in [0.2, 0.25) is 10.0 Å². The number of nitrogens with zero attached hydrogens (tertiary/aromatic N) is 1. The van der Waals surface area contributed by atoms with Gasteiger partial charge >= 0.3 is 0 Å². The second-order valence-corrected chi connectivity index (χ2v) is 7.62. The van der Waals surface area contributed by atoms with Gasteiger partial charge in [0.1, 0.15) is 0 Å². The van der Waals surface area contributed by atoms with Gasteiger partial charge in [-0.15, -0.1) is 0 Å².